The Bertz CT molecular complexity index is 1100. The van der Waals surface area contributed by atoms with Gasteiger partial charge in [0.1, 0.15) is 11.8 Å². The van der Waals surface area contributed by atoms with E-state index in [-0.39, 0.29) is 36.7 Å². The minimum absolute atomic E-state index is 0.0314. The third-order valence-corrected chi connectivity index (χ3v) is 7.76. The summed E-state index contributed by atoms with van der Waals surface area (Å²) in [5.74, 6) is 0.0644. The lowest BCUT2D eigenvalue weighted by Crippen LogP contribution is -2.58. The van der Waals surface area contributed by atoms with Crippen molar-refractivity contribution >= 4 is 17.6 Å². The lowest BCUT2D eigenvalue weighted by Gasteiger charge is -2.31. The number of Topliss-reactive ketones (excluding diaryl/α,β-unsaturated/α-hetero) is 1. The number of carbonyl (C=O) groups is 3. The molecular weight excluding hydrogens is 482 g/mol. The standard InChI is InChI=1S/C30H39N3O5/c1-30(15-16-30)27(35)25(17-20-7-4-3-5-8-20)32-29(37)26(18-21-11-13-23(38-2)14-12-21)33-28(36)24-10-6-9-22(19-34)31-24/h3-5,7-8,11-14,22,24-26,31,34H,6,9-10,15-19H2,1-2H3,(H,32,37)(H,33,36). The Hall–Kier alpha value is -3.23. The van der Waals surface area contributed by atoms with E-state index in [9.17, 15) is 19.5 Å². The van der Waals surface area contributed by atoms with Crippen molar-refractivity contribution in [3.63, 3.8) is 0 Å². The van der Waals surface area contributed by atoms with Crippen molar-refractivity contribution in [3.8, 4) is 5.75 Å². The van der Waals surface area contributed by atoms with Gasteiger partial charge in [-0.2, -0.15) is 0 Å². The van der Waals surface area contributed by atoms with E-state index in [2.05, 4.69) is 16.0 Å². The lowest BCUT2D eigenvalue weighted by atomic mass is 9.92. The SMILES string of the molecule is COc1ccc(CC(NC(=O)C2CCCC(CO)N2)C(=O)NC(Cc2ccccc2)C(=O)C2(C)CC2)cc1. The van der Waals surface area contributed by atoms with Gasteiger partial charge in [-0.25, -0.2) is 0 Å². The Morgan fingerprint density at radius 3 is 2.26 bits per heavy atom. The summed E-state index contributed by atoms with van der Waals surface area (Å²) < 4.78 is 5.24. The van der Waals surface area contributed by atoms with E-state index in [1.54, 1.807) is 7.11 Å². The molecule has 2 aliphatic rings. The number of piperidine rings is 1. The quantitative estimate of drug-likeness (QED) is 0.341. The zero-order chi connectivity index (χ0) is 27.1. The van der Waals surface area contributed by atoms with Crippen molar-refractivity contribution < 1.29 is 24.2 Å². The number of nitrogens with one attached hydrogen (secondary N) is 3. The van der Waals surface area contributed by atoms with Crippen LogP contribution in [0.2, 0.25) is 0 Å². The van der Waals surface area contributed by atoms with Crippen LogP contribution in [0.4, 0.5) is 0 Å². The lowest BCUT2D eigenvalue weighted by molar-refractivity contribution is -0.133. The van der Waals surface area contributed by atoms with Crippen molar-refractivity contribution in [3.05, 3.63) is 65.7 Å². The molecule has 2 fully saturated rings. The van der Waals surface area contributed by atoms with E-state index < -0.39 is 23.5 Å². The van der Waals surface area contributed by atoms with Crippen molar-refractivity contribution in [2.75, 3.05) is 13.7 Å². The third-order valence-electron chi connectivity index (χ3n) is 7.76. The van der Waals surface area contributed by atoms with E-state index in [0.717, 1.165) is 36.8 Å². The van der Waals surface area contributed by atoms with Gasteiger partial charge in [0.25, 0.3) is 0 Å². The summed E-state index contributed by atoms with van der Waals surface area (Å²) >= 11 is 0. The number of hydrogen-bond acceptors (Lipinski definition) is 6. The van der Waals surface area contributed by atoms with Crippen molar-refractivity contribution in [2.24, 2.45) is 5.41 Å². The Balaban J connectivity index is 1.52. The predicted molar refractivity (Wildman–Crippen MR) is 145 cm³/mol. The Kier molecular flexibility index (Phi) is 9.17. The maximum Gasteiger partial charge on any atom is 0.243 e. The second kappa shape index (κ2) is 12.5. The Morgan fingerprint density at radius 1 is 0.974 bits per heavy atom. The molecule has 1 heterocycles. The van der Waals surface area contributed by atoms with Crippen LogP contribution in [0.3, 0.4) is 0 Å². The zero-order valence-corrected chi connectivity index (χ0v) is 22.2. The van der Waals surface area contributed by atoms with Crippen LogP contribution >= 0.6 is 0 Å². The molecule has 8 heteroatoms. The molecule has 1 aliphatic carbocycles. The number of methoxy groups -OCH3 is 1. The van der Waals surface area contributed by atoms with Gasteiger partial charge >= 0.3 is 0 Å². The fourth-order valence-electron chi connectivity index (χ4n) is 5.04. The second-order valence-electron chi connectivity index (χ2n) is 10.8. The molecule has 1 saturated heterocycles. The smallest absolute Gasteiger partial charge is 0.243 e. The van der Waals surface area contributed by atoms with Crippen molar-refractivity contribution in [1.82, 2.24) is 16.0 Å². The molecule has 0 spiro atoms. The largest absolute Gasteiger partial charge is 0.497 e. The molecule has 204 valence electrons. The van der Waals surface area contributed by atoms with Gasteiger partial charge < -0.3 is 25.8 Å². The first-order chi connectivity index (χ1) is 18.3. The number of aliphatic hydroxyl groups excluding tert-OH is 1. The highest BCUT2D eigenvalue weighted by Gasteiger charge is 2.48. The molecular formula is C30H39N3O5. The van der Waals surface area contributed by atoms with Gasteiger partial charge in [-0.15, -0.1) is 0 Å². The topological polar surface area (TPSA) is 117 Å². The molecule has 4 atom stereocenters. The van der Waals surface area contributed by atoms with Crippen LogP contribution in [-0.2, 0) is 27.2 Å². The number of rotatable bonds is 12. The highest BCUT2D eigenvalue weighted by atomic mass is 16.5. The number of benzene rings is 2. The monoisotopic (exact) mass is 521 g/mol. The first kappa shape index (κ1) is 27.8. The number of aliphatic hydroxyl groups is 1. The summed E-state index contributed by atoms with van der Waals surface area (Å²) in [7, 11) is 1.59. The average Bonchev–Trinajstić information content (AvgIpc) is 3.71. The maximum absolute atomic E-state index is 13.7. The van der Waals surface area contributed by atoms with E-state index >= 15 is 0 Å². The number of amides is 2. The number of carbonyl (C=O) groups excluding carboxylic acids is 3. The number of ketones is 1. The summed E-state index contributed by atoms with van der Waals surface area (Å²) in [5, 5.41) is 18.7. The van der Waals surface area contributed by atoms with Crippen LogP contribution < -0.4 is 20.7 Å². The first-order valence-corrected chi connectivity index (χ1v) is 13.5. The molecule has 2 aromatic rings. The van der Waals surface area contributed by atoms with E-state index in [0.29, 0.717) is 18.6 Å². The van der Waals surface area contributed by atoms with Gasteiger partial charge in [0.05, 0.1) is 25.8 Å². The Morgan fingerprint density at radius 2 is 1.63 bits per heavy atom. The molecule has 1 saturated carbocycles. The summed E-state index contributed by atoms with van der Waals surface area (Å²) in [6.07, 6.45) is 4.55. The van der Waals surface area contributed by atoms with E-state index in [1.807, 2.05) is 61.5 Å². The van der Waals surface area contributed by atoms with Gasteiger partial charge in [-0.1, -0.05) is 49.4 Å². The third kappa shape index (κ3) is 7.20. The van der Waals surface area contributed by atoms with Crippen LogP contribution in [0.5, 0.6) is 5.75 Å². The summed E-state index contributed by atoms with van der Waals surface area (Å²) in [5.41, 5.74) is 1.41. The average molecular weight is 522 g/mol. The minimum Gasteiger partial charge on any atom is -0.497 e. The Labute approximate surface area is 224 Å². The number of hydrogen-bond donors (Lipinski definition) is 4. The molecule has 0 aromatic heterocycles. The predicted octanol–water partition coefficient (Wildman–Crippen LogP) is 2.32. The fraction of sp³-hybridized carbons (Fsp3) is 0.500. The molecule has 8 nitrogen and oxygen atoms in total. The normalized spacial score (nSPS) is 21.6. The summed E-state index contributed by atoms with van der Waals surface area (Å²) in [6, 6.07) is 14.8. The van der Waals surface area contributed by atoms with Crippen molar-refractivity contribution in [1.29, 1.82) is 0 Å². The van der Waals surface area contributed by atoms with Gasteiger partial charge in [0, 0.05) is 17.9 Å². The van der Waals surface area contributed by atoms with Gasteiger partial charge in [-0.3, -0.25) is 14.4 Å². The highest BCUT2D eigenvalue weighted by Crippen LogP contribution is 2.46. The molecule has 4 N–H and O–H groups in total. The van der Waals surface area contributed by atoms with Crippen LogP contribution in [0, 0.1) is 5.41 Å². The molecule has 38 heavy (non-hydrogen) atoms. The summed E-state index contributed by atoms with van der Waals surface area (Å²) in [6.45, 7) is 1.91. The fourth-order valence-corrected chi connectivity index (χ4v) is 5.04. The van der Waals surface area contributed by atoms with Gasteiger partial charge in [-0.05, 0) is 61.8 Å². The van der Waals surface area contributed by atoms with Crippen molar-refractivity contribution in [2.45, 2.75) is 76.0 Å². The molecule has 0 bridgehead atoms. The van der Waals surface area contributed by atoms with E-state index in [4.69, 9.17) is 4.74 Å². The maximum atomic E-state index is 13.7. The van der Waals surface area contributed by atoms with Gasteiger partial charge in [0.15, 0.2) is 5.78 Å². The highest BCUT2D eigenvalue weighted by molar-refractivity contribution is 5.97. The van der Waals surface area contributed by atoms with E-state index in [1.165, 1.54) is 0 Å². The first-order valence-electron chi connectivity index (χ1n) is 13.5. The molecule has 4 rings (SSSR count). The molecule has 1 aliphatic heterocycles. The molecule has 4 unspecified atom stereocenters. The van der Waals surface area contributed by atoms with Crippen LogP contribution in [0.15, 0.2) is 54.6 Å². The number of ether oxygens (including phenoxy) is 1. The van der Waals surface area contributed by atoms with Crippen LogP contribution in [0.1, 0.15) is 50.2 Å². The molecule has 0 radical (unpaired) electrons. The van der Waals surface area contributed by atoms with Crippen LogP contribution in [0.25, 0.3) is 0 Å². The summed E-state index contributed by atoms with van der Waals surface area (Å²) in [4.78, 5) is 40.3. The molecule has 2 amide bonds. The minimum atomic E-state index is -0.870. The second-order valence-corrected chi connectivity index (χ2v) is 10.8. The van der Waals surface area contributed by atoms with Crippen LogP contribution in [-0.4, -0.2) is 60.6 Å². The molecule has 2 aromatic carbocycles. The van der Waals surface area contributed by atoms with Gasteiger partial charge in [0.2, 0.25) is 11.8 Å². The zero-order valence-electron chi connectivity index (χ0n) is 22.2.